The minimum absolute atomic E-state index is 0.147. The van der Waals surface area contributed by atoms with Gasteiger partial charge < -0.3 is 9.84 Å². The summed E-state index contributed by atoms with van der Waals surface area (Å²) in [5.41, 5.74) is -0.830. The number of hydrogen-bond acceptors (Lipinski definition) is 3. The van der Waals surface area contributed by atoms with E-state index in [0.29, 0.717) is 12.6 Å². The van der Waals surface area contributed by atoms with Crippen LogP contribution in [0.5, 0.6) is 0 Å². The standard InChI is InChI=1S/C14H25NO3/c1-3-4-10(2)18-9-14(13(16)17,11-5-6-11)15-12-7-8-12/h10-12,15H,3-9H2,1-2H3,(H,16,17). The first-order chi connectivity index (χ1) is 8.58. The molecule has 0 aromatic carbocycles. The topological polar surface area (TPSA) is 58.6 Å². The highest BCUT2D eigenvalue weighted by Crippen LogP contribution is 2.42. The Bertz CT molecular complexity index is 299. The third kappa shape index (κ3) is 3.23. The van der Waals surface area contributed by atoms with Gasteiger partial charge in [-0.25, -0.2) is 0 Å². The SMILES string of the molecule is CCCC(C)OCC(NC1CC1)(C(=O)O)C1CC1. The van der Waals surface area contributed by atoms with Crippen molar-refractivity contribution in [3.8, 4) is 0 Å². The molecule has 18 heavy (non-hydrogen) atoms. The first kappa shape index (κ1) is 13.8. The van der Waals surface area contributed by atoms with Crippen LogP contribution >= 0.6 is 0 Å². The van der Waals surface area contributed by atoms with E-state index in [-0.39, 0.29) is 12.0 Å². The molecule has 0 heterocycles. The van der Waals surface area contributed by atoms with Crippen LogP contribution in [0.3, 0.4) is 0 Å². The predicted octanol–water partition coefficient (Wildman–Crippen LogP) is 2.18. The molecule has 4 heteroatoms. The van der Waals surface area contributed by atoms with E-state index < -0.39 is 11.5 Å². The van der Waals surface area contributed by atoms with Crippen LogP contribution in [-0.4, -0.2) is 35.4 Å². The van der Waals surface area contributed by atoms with Crippen LogP contribution < -0.4 is 5.32 Å². The highest BCUT2D eigenvalue weighted by Gasteiger charge is 2.53. The van der Waals surface area contributed by atoms with Crippen molar-refractivity contribution < 1.29 is 14.6 Å². The maximum Gasteiger partial charge on any atom is 0.326 e. The first-order valence-corrected chi connectivity index (χ1v) is 7.21. The molecule has 0 saturated heterocycles. The number of ether oxygens (including phenoxy) is 1. The number of nitrogens with one attached hydrogen (secondary N) is 1. The Labute approximate surface area is 109 Å². The van der Waals surface area contributed by atoms with Crippen LogP contribution in [0.4, 0.5) is 0 Å². The lowest BCUT2D eigenvalue weighted by atomic mass is 9.94. The molecular weight excluding hydrogens is 230 g/mol. The Morgan fingerprint density at radius 3 is 2.56 bits per heavy atom. The Hall–Kier alpha value is -0.610. The zero-order valence-corrected chi connectivity index (χ0v) is 11.4. The Morgan fingerprint density at radius 2 is 2.11 bits per heavy atom. The molecule has 2 N–H and O–H groups in total. The van der Waals surface area contributed by atoms with Crippen molar-refractivity contribution in [3.05, 3.63) is 0 Å². The number of carboxylic acid groups (broad SMARTS) is 1. The quantitative estimate of drug-likeness (QED) is 0.663. The number of rotatable bonds is 9. The van der Waals surface area contributed by atoms with Crippen LogP contribution in [0.2, 0.25) is 0 Å². The Morgan fingerprint density at radius 1 is 1.44 bits per heavy atom. The zero-order valence-electron chi connectivity index (χ0n) is 11.4. The van der Waals surface area contributed by atoms with E-state index in [0.717, 1.165) is 38.5 Å². The van der Waals surface area contributed by atoms with E-state index in [1.54, 1.807) is 0 Å². The molecule has 104 valence electrons. The summed E-state index contributed by atoms with van der Waals surface area (Å²) in [6.45, 7) is 4.46. The summed E-state index contributed by atoms with van der Waals surface area (Å²) in [6, 6.07) is 0.395. The molecule has 0 bridgehead atoms. The normalized spacial score (nSPS) is 24.6. The van der Waals surface area contributed by atoms with Crippen LogP contribution in [0.1, 0.15) is 52.4 Å². The molecule has 2 saturated carbocycles. The molecule has 0 aromatic rings. The summed E-state index contributed by atoms with van der Waals surface area (Å²) in [4.78, 5) is 11.7. The van der Waals surface area contributed by atoms with Gasteiger partial charge in [0.1, 0.15) is 5.54 Å². The third-order valence-corrected chi connectivity index (χ3v) is 3.99. The van der Waals surface area contributed by atoms with Gasteiger partial charge in [0.2, 0.25) is 0 Å². The Kier molecular flexibility index (Phi) is 4.28. The molecule has 2 rings (SSSR count). The fourth-order valence-corrected chi connectivity index (χ4v) is 2.51. The van der Waals surface area contributed by atoms with Crippen LogP contribution in [0.15, 0.2) is 0 Å². The van der Waals surface area contributed by atoms with Crippen LogP contribution in [0.25, 0.3) is 0 Å². The summed E-state index contributed by atoms with van der Waals surface area (Å²) < 4.78 is 5.80. The molecule has 0 amide bonds. The van der Waals surface area contributed by atoms with E-state index in [2.05, 4.69) is 12.2 Å². The van der Waals surface area contributed by atoms with Gasteiger partial charge in [0.25, 0.3) is 0 Å². The molecule has 0 radical (unpaired) electrons. The monoisotopic (exact) mass is 255 g/mol. The van der Waals surface area contributed by atoms with Crippen molar-refractivity contribution in [2.45, 2.75) is 70.1 Å². The molecule has 4 nitrogen and oxygen atoms in total. The van der Waals surface area contributed by atoms with Gasteiger partial charge in [0.05, 0.1) is 12.7 Å². The first-order valence-electron chi connectivity index (χ1n) is 7.21. The van der Waals surface area contributed by atoms with E-state index in [1.165, 1.54) is 0 Å². The molecule has 2 unspecified atom stereocenters. The smallest absolute Gasteiger partial charge is 0.326 e. The fraction of sp³-hybridized carbons (Fsp3) is 0.929. The second-order valence-corrected chi connectivity index (χ2v) is 5.88. The van der Waals surface area contributed by atoms with E-state index in [4.69, 9.17) is 4.74 Å². The number of carbonyl (C=O) groups is 1. The van der Waals surface area contributed by atoms with Gasteiger partial charge in [-0.3, -0.25) is 10.1 Å². The second-order valence-electron chi connectivity index (χ2n) is 5.88. The summed E-state index contributed by atoms with van der Waals surface area (Å²) in [5, 5.41) is 12.9. The molecule has 0 aromatic heterocycles. The second kappa shape index (κ2) is 5.57. The van der Waals surface area contributed by atoms with Gasteiger partial charge in [-0.2, -0.15) is 0 Å². The van der Waals surface area contributed by atoms with Crippen molar-refractivity contribution in [2.24, 2.45) is 5.92 Å². The highest BCUT2D eigenvalue weighted by molar-refractivity contribution is 5.80. The van der Waals surface area contributed by atoms with Gasteiger partial charge in [-0.15, -0.1) is 0 Å². The predicted molar refractivity (Wildman–Crippen MR) is 69.6 cm³/mol. The third-order valence-electron chi connectivity index (χ3n) is 3.99. The van der Waals surface area contributed by atoms with E-state index in [1.807, 2.05) is 6.92 Å². The molecule has 2 fully saturated rings. The maximum absolute atomic E-state index is 11.7. The van der Waals surface area contributed by atoms with Crippen molar-refractivity contribution in [1.82, 2.24) is 5.32 Å². The van der Waals surface area contributed by atoms with Crippen molar-refractivity contribution in [3.63, 3.8) is 0 Å². The maximum atomic E-state index is 11.7. The van der Waals surface area contributed by atoms with E-state index >= 15 is 0 Å². The van der Waals surface area contributed by atoms with Crippen molar-refractivity contribution in [1.29, 1.82) is 0 Å². The average Bonchev–Trinajstić information content (AvgIpc) is 3.14. The average molecular weight is 255 g/mol. The number of hydrogen-bond donors (Lipinski definition) is 2. The van der Waals surface area contributed by atoms with E-state index in [9.17, 15) is 9.90 Å². The zero-order chi connectivity index (χ0) is 13.2. The lowest BCUT2D eigenvalue weighted by Gasteiger charge is -2.32. The minimum Gasteiger partial charge on any atom is -0.480 e. The summed E-state index contributed by atoms with van der Waals surface area (Å²) >= 11 is 0. The number of carboxylic acids is 1. The van der Waals surface area contributed by atoms with Gasteiger partial charge >= 0.3 is 5.97 Å². The lowest BCUT2D eigenvalue weighted by molar-refractivity contribution is -0.150. The summed E-state index contributed by atoms with van der Waals surface area (Å²) in [6.07, 6.45) is 6.44. The summed E-state index contributed by atoms with van der Waals surface area (Å²) in [7, 11) is 0. The van der Waals surface area contributed by atoms with Crippen molar-refractivity contribution >= 4 is 5.97 Å². The fourth-order valence-electron chi connectivity index (χ4n) is 2.51. The number of aliphatic carboxylic acids is 1. The lowest BCUT2D eigenvalue weighted by Crippen LogP contribution is -2.58. The molecule has 2 aliphatic rings. The van der Waals surface area contributed by atoms with Gasteiger partial charge in [0.15, 0.2) is 0 Å². The molecule has 0 spiro atoms. The Balaban J connectivity index is 1.96. The molecule has 2 atom stereocenters. The van der Waals surface area contributed by atoms with Gasteiger partial charge in [-0.1, -0.05) is 13.3 Å². The largest absolute Gasteiger partial charge is 0.480 e. The molecular formula is C14H25NO3. The van der Waals surface area contributed by atoms with Gasteiger partial charge in [0, 0.05) is 6.04 Å². The molecule has 2 aliphatic carbocycles. The van der Waals surface area contributed by atoms with Crippen molar-refractivity contribution in [2.75, 3.05) is 6.61 Å². The minimum atomic E-state index is -0.830. The van der Waals surface area contributed by atoms with Crippen LogP contribution in [0, 0.1) is 5.92 Å². The molecule has 0 aliphatic heterocycles. The summed E-state index contributed by atoms with van der Waals surface area (Å²) in [5.74, 6) is -0.481. The van der Waals surface area contributed by atoms with Crippen LogP contribution in [-0.2, 0) is 9.53 Å². The highest BCUT2D eigenvalue weighted by atomic mass is 16.5. The van der Waals surface area contributed by atoms with Gasteiger partial charge in [-0.05, 0) is 44.9 Å².